The van der Waals surface area contributed by atoms with E-state index in [-0.39, 0.29) is 23.0 Å². The number of ether oxygens (including phenoxy) is 1. The quantitative estimate of drug-likeness (QED) is 0.811. The van der Waals surface area contributed by atoms with Crippen LogP contribution in [0.15, 0.2) is 23.1 Å². The molecule has 21 heavy (non-hydrogen) atoms. The molecule has 1 heterocycles. The molecule has 1 aromatic carbocycles. The van der Waals surface area contributed by atoms with Crippen LogP contribution in [0.3, 0.4) is 0 Å². The van der Waals surface area contributed by atoms with Gasteiger partial charge >= 0.3 is 0 Å². The van der Waals surface area contributed by atoms with Crippen molar-refractivity contribution in [3.63, 3.8) is 0 Å². The summed E-state index contributed by atoms with van der Waals surface area (Å²) in [6, 6.07) is 4.18. The smallest absolute Gasteiger partial charge is 0.243 e. The van der Waals surface area contributed by atoms with Gasteiger partial charge in [0.2, 0.25) is 10.0 Å². The van der Waals surface area contributed by atoms with E-state index in [9.17, 15) is 16.8 Å². The summed E-state index contributed by atoms with van der Waals surface area (Å²) in [6.45, 7) is 0.161. The Bertz CT molecular complexity index is 745. The van der Waals surface area contributed by atoms with Gasteiger partial charge in [0.05, 0.1) is 22.3 Å². The SMILES string of the molecule is COc1ccc(S(=O)(=O)N2CC[C@@H](S(C)(=O)=O)C2)cc1Cl. The predicted molar refractivity (Wildman–Crippen MR) is 80.0 cm³/mol. The molecule has 0 saturated carbocycles. The standard InChI is InChI=1S/C12H16ClNO5S2/c1-19-12-4-3-9(7-11(12)13)21(17,18)14-6-5-10(8-14)20(2,15)16/h3-4,7,10H,5-6,8H2,1-2H3/t10-/m1/s1. The highest BCUT2D eigenvalue weighted by atomic mass is 35.5. The summed E-state index contributed by atoms with van der Waals surface area (Å²) in [6.07, 6.45) is 1.43. The van der Waals surface area contributed by atoms with E-state index >= 15 is 0 Å². The largest absolute Gasteiger partial charge is 0.495 e. The Morgan fingerprint density at radius 3 is 2.43 bits per heavy atom. The third-order valence-electron chi connectivity index (χ3n) is 3.47. The molecule has 0 spiro atoms. The average Bonchev–Trinajstić information content (AvgIpc) is 2.88. The molecule has 0 unspecified atom stereocenters. The molecule has 1 aliphatic rings. The van der Waals surface area contributed by atoms with Crippen molar-refractivity contribution in [3.05, 3.63) is 23.2 Å². The second-order valence-electron chi connectivity index (χ2n) is 4.90. The van der Waals surface area contributed by atoms with Crippen molar-refractivity contribution >= 4 is 31.5 Å². The maximum atomic E-state index is 12.5. The Hall–Kier alpha value is -0.830. The Morgan fingerprint density at radius 1 is 1.29 bits per heavy atom. The van der Waals surface area contributed by atoms with Gasteiger partial charge in [-0.2, -0.15) is 4.31 Å². The van der Waals surface area contributed by atoms with E-state index in [2.05, 4.69) is 0 Å². The van der Waals surface area contributed by atoms with E-state index in [0.717, 1.165) is 6.26 Å². The minimum absolute atomic E-state index is 0.0230. The van der Waals surface area contributed by atoms with Gasteiger partial charge < -0.3 is 4.74 Å². The molecule has 0 N–H and O–H groups in total. The maximum absolute atomic E-state index is 12.5. The van der Waals surface area contributed by atoms with Crippen LogP contribution in [0.5, 0.6) is 5.75 Å². The fourth-order valence-electron chi connectivity index (χ4n) is 2.22. The van der Waals surface area contributed by atoms with Gasteiger partial charge in [0.15, 0.2) is 9.84 Å². The molecule has 0 aromatic heterocycles. The molecular formula is C12H16ClNO5S2. The molecule has 1 atom stereocenters. The number of benzene rings is 1. The maximum Gasteiger partial charge on any atom is 0.243 e. The lowest BCUT2D eigenvalue weighted by Crippen LogP contribution is -2.31. The van der Waals surface area contributed by atoms with Gasteiger partial charge in [-0.3, -0.25) is 0 Å². The summed E-state index contributed by atoms with van der Waals surface area (Å²) in [5.74, 6) is 0.381. The fraction of sp³-hybridized carbons (Fsp3) is 0.500. The number of sulfone groups is 1. The molecule has 0 amide bonds. The van der Waals surface area contributed by atoms with Gasteiger partial charge in [-0.25, -0.2) is 16.8 Å². The van der Waals surface area contributed by atoms with Crippen molar-refractivity contribution < 1.29 is 21.6 Å². The highest BCUT2D eigenvalue weighted by Gasteiger charge is 2.37. The van der Waals surface area contributed by atoms with Crippen LogP contribution < -0.4 is 4.74 Å². The van der Waals surface area contributed by atoms with Crippen LogP contribution in [0.2, 0.25) is 5.02 Å². The van der Waals surface area contributed by atoms with E-state index in [1.165, 1.54) is 29.6 Å². The number of sulfonamides is 1. The fourth-order valence-corrected chi connectivity index (χ4v) is 5.15. The minimum Gasteiger partial charge on any atom is -0.495 e. The lowest BCUT2D eigenvalue weighted by Gasteiger charge is -2.17. The molecule has 0 aliphatic carbocycles. The molecule has 9 heteroatoms. The van der Waals surface area contributed by atoms with Crippen LogP contribution in [-0.4, -0.2) is 52.8 Å². The van der Waals surface area contributed by atoms with Crippen LogP contribution in [0.4, 0.5) is 0 Å². The predicted octanol–water partition coefficient (Wildman–Crippen LogP) is 1.16. The van der Waals surface area contributed by atoms with Crippen LogP contribution in [0.1, 0.15) is 6.42 Å². The topological polar surface area (TPSA) is 80.8 Å². The zero-order chi connectivity index (χ0) is 15.8. The lowest BCUT2D eigenvalue weighted by atomic mass is 10.3. The summed E-state index contributed by atoms with van der Waals surface area (Å²) in [4.78, 5) is 0.0300. The Morgan fingerprint density at radius 2 is 1.95 bits per heavy atom. The summed E-state index contributed by atoms with van der Waals surface area (Å²) in [5.41, 5.74) is 0. The number of methoxy groups -OCH3 is 1. The number of nitrogens with zero attached hydrogens (tertiary/aromatic N) is 1. The molecule has 6 nitrogen and oxygen atoms in total. The van der Waals surface area contributed by atoms with Gasteiger partial charge in [0, 0.05) is 19.3 Å². The molecule has 0 bridgehead atoms. The van der Waals surface area contributed by atoms with Crippen molar-refractivity contribution in [2.45, 2.75) is 16.6 Å². The van der Waals surface area contributed by atoms with Crippen LogP contribution in [0.25, 0.3) is 0 Å². The molecular weight excluding hydrogens is 338 g/mol. The molecule has 1 aromatic rings. The first-order chi connectivity index (χ1) is 9.66. The number of halogens is 1. The normalized spacial score (nSPS) is 20.6. The number of hydrogen-bond donors (Lipinski definition) is 0. The molecule has 1 aliphatic heterocycles. The molecule has 0 radical (unpaired) electrons. The third kappa shape index (κ3) is 3.33. The lowest BCUT2D eigenvalue weighted by molar-refractivity contribution is 0.414. The van der Waals surface area contributed by atoms with Gasteiger partial charge in [0.25, 0.3) is 0 Å². The molecule has 1 fully saturated rings. The highest BCUT2D eigenvalue weighted by Crippen LogP contribution is 2.30. The number of hydrogen-bond acceptors (Lipinski definition) is 5. The van der Waals surface area contributed by atoms with E-state index in [0.29, 0.717) is 12.2 Å². The van der Waals surface area contributed by atoms with Gasteiger partial charge in [-0.15, -0.1) is 0 Å². The molecule has 2 rings (SSSR count). The van der Waals surface area contributed by atoms with Crippen LogP contribution in [-0.2, 0) is 19.9 Å². The Kier molecular flexibility index (Phi) is 4.53. The van der Waals surface area contributed by atoms with E-state index in [1.807, 2.05) is 0 Å². The summed E-state index contributed by atoms with van der Waals surface area (Å²) in [7, 11) is -5.56. The molecule has 1 saturated heterocycles. The van der Waals surface area contributed by atoms with Crippen molar-refractivity contribution in [1.29, 1.82) is 0 Å². The zero-order valence-electron chi connectivity index (χ0n) is 11.6. The monoisotopic (exact) mass is 353 g/mol. The number of rotatable bonds is 4. The summed E-state index contributed by atoms with van der Waals surface area (Å²) >= 11 is 5.94. The van der Waals surface area contributed by atoms with E-state index in [4.69, 9.17) is 16.3 Å². The van der Waals surface area contributed by atoms with Crippen molar-refractivity contribution in [2.75, 3.05) is 26.5 Å². The van der Waals surface area contributed by atoms with E-state index < -0.39 is 25.1 Å². The first kappa shape index (κ1) is 16.5. The van der Waals surface area contributed by atoms with Crippen molar-refractivity contribution in [2.24, 2.45) is 0 Å². The zero-order valence-corrected chi connectivity index (χ0v) is 14.0. The Balaban J connectivity index is 2.29. The van der Waals surface area contributed by atoms with Crippen molar-refractivity contribution in [1.82, 2.24) is 4.31 Å². The second kappa shape index (κ2) is 5.75. The van der Waals surface area contributed by atoms with Crippen molar-refractivity contribution in [3.8, 4) is 5.75 Å². The van der Waals surface area contributed by atoms with E-state index in [1.54, 1.807) is 0 Å². The average molecular weight is 354 g/mol. The summed E-state index contributed by atoms with van der Waals surface area (Å²) < 4.78 is 54.2. The Labute approximate surface area is 129 Å². The summed E-state index contributed by atoms with van der Waals surface area (Å²) in [5, 5.41) is -0.460. The first-order valence-corrected chi connectivity index (χ1v) is 9.96. The highest BCUT2D eigenvalue weighted by molar-refractivity contribution is 7.91. The minimum atomic E-state index is -3.75. The van der Waals surface area contributed by atoms with Gasteiger partial charge in [0.1, 0.15) is 5.75 Å². The first-order valence-electron chi connectivity index (χ1n) is 6.19. The van der Waals surface area contributed by atoms with Crippen LogP contribution in [0, 0.1) is 0 Å². The second-order valence-corrected chi connectivity index (χ2v) is 9.57. The van der Waals surface area contributed by atoms with Gasteiger partial charge in [-0.05, 0) is 24.6 Å². The third-order valence-corrected chi connectivity index (χ3v) is 7.23. The molecule has 118 valence electrons. The van der Waals surface area contributed by atoms with Gasteiger partial charge in [-0.1, -0.05) is 11.6 Å². The van der Waals surface area contributed by atoms with Crippen LogP contribution >= 0.6 is 11.6 Å².